The van der Waals surface area contributed by atoms with Crippen LogP contribution in [0.3, 0.4) is 0 Å². The first-order chi connectivity index (χ1) is 11.4. The maximum absolute atomic E-state index is 4.67. The van der Waals surface area contributed by atoms with Crippen LogP contribution in [0.4, 0.5) is 0 Å². The van der Waals surface area contributed by atoms with Gasteiger partial charge in [0.2, 0.25) is 0 Å². The zero-order valence-electron chi connectivity index (χ0n) is 12.6. The Morgan fingerprint density at radius 1 is 0.522 bits per heavy atom. The summed E-state index contributed by atoms with van der Waals surface area (Å²) in [6.07, 6.45) is 2.00. The summed E-state index contributed by atoms with van der Waals surface area (Å²) in [5.74, 6) is 0. The molecule has 0 saturated carbocycles. The molecule has 0 spiro atoms. The summed E-state index contributed by atoms with van der Waals surface area (Å²) in [4.78, 5) is 0. The predicted octanol–water partition coefficient (Wildman–Crippen LogP) is 5.21. The lowest BCUT2D eigenvalue weighted by Gasteiger charge is -2.03. The zero-order chi connectivity index (χ0) is 15.5. The Bertz CT molecular complexity index is 892. The average molecular weight is 296 g/mol. The van der Waals surface area contributed by atoms with E-state index < -0.39 is 0 Å². The Labute approximate surface area is 135 Å². The molecule has 0 aliphatic heterocycles. The van der Waals surface area contributed by atoms with Crippen molar-refractivity contribution in [2.75, 3.05) is 0 Å². The molecule has 0 bridgehead atoms. The first-order valence-electron chi connectivity index (χ1n) is 7.67. The van der Waals surface area contributed by atoms with Crippen molar-refractivity contribution in [1.29, 1.82) is 0 Å². The van der Waals surface area contributed by atoms with Crippen molar-refractivity contribution in [2.45, 2.75) is 0 Å². The van der Waals surface area contributed by atoms with Crippen LogP contribution >= 0.6 is 0 Å². The second kappa shape index (κ2) is 5.93. The molecule has 110 valence electrons. The number of nitrogens with zero attached hydrogens (tertiary/aromatic N) is 2. The highest BCUT2D eigenvalue weighted by Gasteiger charge is 2.04. The predicted molar refractivity (Wildman–Crippen MR) is 94.4 cm³/mol. The first-order valence-corrected chi connectivity index (χ1v) is 7.67. The van der Waals surface area contributed by atoms with Gasteiger partial charge in [-0.25, -0.2) is 4.68 Å². The molecule has 0 aliphatic rings. The van der Waals surface area contributed by atoms with Crippen molar-refractivity contribution < 1.29 is 0 Å². The lowest BCUT2D eigenvalue weighted by Crippen LogP contribution is -1.94. The maximum atomic E-state index is 4.67. The fourth-order valence-electron chi connectivity index (χ4n) is 2.67. The monoisotopic (exact) mass is 296 g/mol. The molecular formula is C21H16N2. The standard InChI is InChI=1S/C21H16N2/c1-3-7-17(8-4-1)18-11-13-19(14-12-18)21-15-16-23(22-21)20-9-5-2-6-10-20/h1-16H. The van der Waals surface area contributed by atoms with Gasteiger partial charge in [0.1, 0.15) is 0 Å². The zero-order valence-corrected chi connectivity index (χ0v) is 12.6. The summed E-state index contributed by atoms with van der Waals surface area (Å²) in [5.41, 5.74) is 5.62. The molecule has 0 radical (unpaired) electrons. The fraction of sp³-hybridized carbons (Fsp3) is 0. The molecule has 0 aliphatic carbocycles. The molecule has 2 heteroatoms. The maximum Gasteiger partial charge on any atom is 0.0927 e. The van der Waals surface area contributed by atoms with E-state index in [0.29, 0.717) is 0 Å². The van der Waals surface area contributed by atoms with Crippen LogP contribution in [0, 0.1) is 0 Å². The van der Waals surface area contributed by atoms with Crippen LogP contribution in [0.15, 0.2) is 97.2 Å². The smallest absolute Gasteiger partial charge is 0.0927 e. The van der Waals surface area contributed by atoms with Crippen LogP contribution in [-0.2, 0) is 0 Å². The highest BCUT2D eigenvalue weighted by Crippen LogP contribution is 2.24. The van der Waals surface area contributed by atoms with Gasteiger partial charge >= 0.3 is 0 Å². The van der Waals surface area contributed by atoms with Crippen LogP contribution < -0.4 is 0 Å². The molecule has 0 atom stereocenters. The van der Waals surface area contributed by atoms with Crippen LogP contribution in [0.1, 0.15) is 0 Å². The highest BCUT2D eigenvalue weighted by molar-refractivity contribution is 5.68. The molecule has 0 N–H and O–H groups in total. The lowest BCUT2D eigenvalue weighted by molar-refractivity contribution is 0.884. The van der Waals surface area contributed by atoms with Crippen LogP contribution in [0.5, 0.6) is 0 Å². The van der Waals surface area contributed by atoms with Crippen LogP contribution in [0.2, 0.25) is 0 Å². The normalized spacial score (nSPS) is 10.6. The van der Waals surface area contributed by atoms with Crippen molar-refractivity contribution in [2.24, 2.45) is 0 Å². The lowest BCUT2D eigenvalue weighted by atomic mass is 10.0. The molecule has 0 unspecified atom stereocenters. The van der Waals surface area contributed by atoms with Crippen molar-refractivity contribution in [3.05, 3.63) is 97.2 Å². The fourth-order valence-corrected chi connectivity index (χ4v) is 2.67. The summed E-state index contributed by atoms with van der Waals surface area (Å²) in [6.45, 7) is 0. The summed E-state index contributed by atoms with van der Waals surface area (Å²) in [6, 6.07) is 31.1. The summed E-state index contributed by atoms with van der Waals surface area (Å²) >= 11 is 0. The second-order valence-corrected chi connectivity index (χ2v) is 5.42. The van der Waals surface area contributed by atoms with Gasteiger partial charge in [-0.15, -0.1) is 0 Å². The molecule has 2 nitrogen and oxygen atoms in total. The SMILES string of the molecule is c1ccc(-c2ccc(-c3ccn(-c4ccccc4)n3)cc2)cc1. The summed E-state index contributed by atoms with van der Waals surface area (Å²) in [7, 11) is 0. The average Bonchev–Trinajstić information content (AvgIpc) is 3.14. The number of rotatable bonds is 3. The summed E-state index contributed by atoms with van der Waals surface area (Å²) < 4.78 is 1.90. The summed E-state index contributed by atoms with van der Waals surface area (Å²) in [5, 5.41) is 4.67. The van der Waals surface area contributed by atoms with Gasteiger partial charge in [-0.05, 0) is 29.3 Å². The highest BCUT2D eigenvalue weighted by atomic mass is 15.3. The largest absolute Gasteiger partial charge is 0.240 e. The van der Waals surface area contributed by atoms with Crippen LogP contribution in [0.25, 0.3) is 28.1 Å². The van der Waals surface area contributed by atoms with E-state index >= 15 is 0 Å². The molecular weight excluding hydrogens is 280 g/mol. The molecule has 0 saturated heterocycles. The third-order valence-electron chi connectivity index (χ3n) is 3.90. The Morgan fingerprint density at radius 2 is 1.09 bits per heavy atom. The first kappa shape index (κ1) is 13.5. The molecule has 4 rings (SSSR count). The Morgan fingerprint density at radius 3 is 1.78 bits per heavy atom. The second-order valence-electron chi connectivity index (χ2n) is 5.42. The van der Waals surface area contributed by atoms with Crippen molar-refractivity contribution in [3.8, 4) is 28.1 Å². The van der Waals surface area contributed by atoms with Gasteiger partial charge in [-0.3, -0.25) is 0 Å². The van der Waals surface area contributed by atoms with E-state index in [0.717, 1.165) is 16.9 Å². The van der Waals surface area contributed by atoms with E-state index in [4.69, 9.17) is 0 Å². The number of benzene rings is 3. The van der Waals surface area contributed by atoms with Crippen molar-refractivity contribution in [1.82, 2.24) is 9.78 Å². The number of hydrogen-bond acceptors (Lipinski definition) is 1. The molecule has 0 fully saturated rings. The quantitative estimate of drug-likeness (QED) is 0.507. The third-order valence-corrected chi connectivity index (χ3v) is 3.90. The van der Waals surface area contributed by atoms with Gasteiger partial charge in [0.15, 0.2) is 0 Å². The molecule has 1 heterocycles. The number of para-hydroxylation sites is 1. The van der Waals surface area contributed by atoms with E-state index in [1.54, 1.807) is 0 Å². The third kappa shape index (κ3) is 2.79. The Balaban J connectivity index is 1.63. The van der Waals surface area contributed by atoms with E-state index in [-0.39, 0.29) is 0 Å². The van der Waals surface area contributed by atoms with Gasteiger partial charge < -0.3 is 0 Å². The molecule has 1 aromatic heterocycles. The van der Waals surface area contributed by atoms with Crippen molar-refractivity contribution >= 4 is 0 Å². The van der Waals surface area contributed by atoms with E-state index in [1.807, 2.05) is 41.2 Å². The Kier molecular flexibility index (Phi) is 3.49. The minimum absolute atomic E-state index is 0.980. The van der Waals surface area contributed by atoms with E-state index in [9.17, 15) is 0 Å². The Hall–Kier alpha value is -3.13. The van der Waals surface area contributed by atoms with Crippen LogP contribution in [-0.4, -0.2) is 9.78 Å². The number of hydrogen-bond donors (Lipinski definition) is 0. The molecule has 0 amide bonds. The van der Waals surface area contributed by atoms with Gasteiger partial charge in [-0.1, -0.05) is 72.8 Å². The van der Waals surface area contributed by atoms with E-state index in [2.05, 4.69) is 65.8 Å². The van der Waals surface area contributed by atoms with E-state index in [1.165, 1.54) is 11.1 Å². The topological polar surface area (TPSA) is 17.8 Å². The molecule has 3 aromatic carbocycles. The van der Waals surface area contributed by atoms with Gasteiger partial charge in [0, 0.05) is 11.8 Å². The molecule has 23 heavy (non-hydrogen) atoms. The van der Waals surface area contributed by atoms with Crippen molar-refractivity contribution in [3.63, 3.8) is 0 Å². The molecule has 4 aromatic rings. The van der Waals surface area contributed by atoms with Gasteiger partial charge in [0.25, 0.3) is 0 Å². The minimum Gasteiger partial charge on any atom is -0.240 e. The minimum atomic E-state index is 0.980. The van der Waals surface area contributed by atoms with Gasteiger partial charge in [-0.2, -0.15) is 5.10 Å². The van der Waals surface area contributed by atoms with Gasteiger partial charge in [0.05, 0.1) is 11.4 Å². The number of aromatic nitrogens is 2.